The molecular formula is C12H10F3NO3. The van der Waals surface area contributed by atoms with Gasteiger partial charge in [0.05, 0.1) is 12.8 Å². The van der Waals surface area contributed by atoms with Gasteiger partial charge in [0.2, 0.25) is 0 Å². The number of hydrogen-bond acceptors (Lipinski definition) is 4. The van der Waals surface area contributed by atoms with Crippen LogP contribution in [0.1, 0.15) is 12.0 Å². The standard InChI is InChI=1S/C12H10F3NO3/c1-18-11(17)4-2-3-8-5-6-9(16)10(7-8)19-12(13,14)15/h5-7H,4,16H2,1H3. The Bertz CT molecular complexity index is 529. The van der Waals surface area contributed by atoms with E-state index in [0.717, 1.165) is 6.07 Å². The smallest absolute Gasteiger partial charge is 0.468 e. The first-order chi connectivity index (χ1) is 8.81. The molecule has 19 heavy (non-hydrogen) atoms. The van der Waals surface area contributed by atoms with Crippen LogP contribution in [0.25, 0.3) is 0 Å². The van der Waals surface area contributed by atoms with Crippen LogP contribution in [0.4, 0.5) is 18.9 Å². The van der Waals surface area contributed by atoms with Gasteiger partial charge >= 0.3 is 12.3 Å². The molecule has 0 spiro atoms. The zero-order chi connectivity index (χ0) is 14.5. The molecule has 0 radical (unpaired) electrons. The van der Waals surface area contributed by atoms with Crippen LogP contribution in [0, 0.1) is 11.8 Å². The summed E-state index contributed by atoms with van der Waals surface area (Å²) in [5, 5.41) is 0. The van der Waals surface area contributed by atoms with Gasteiger partial charge in [0, 0.05) is 5.56 Å². The molecule has 1 aromatic rings. The number of benzene rings is 1. The van der Waals surface area contributed by atoms with Crippen molar-refractivity contribution in [3.8, 4) is 17.6 Å². The van der Waals surface area contributed by atoms with E-state index in [1.54, 1.807) is 0 Å². The molecule has 2 N–H and O–H groups in total. The Hall–Kier alpha value is -2.36. The molecule has 4 nitrogen and oxygen atoms in total. The van der Waals surface area contributed by atoms with E-state index >= 15 is 0 Å². The third-order valence-electron chi connectivity index (χ3n) is 1.93. The molecule has 0 saturated heterocycles. The minimum atomic E-state index is -4.83. The molecule has 1 aromatic carbocycles. The number of nitrogen functional groups attached to an aromatic ring is 1. The van der Waals surface area contributed by atoms with Crippen molar-refractivity contribution in [1.29, 1.82) is 0 Å². The molecule has 0 bridgehead atoms. The number of carbonyl (C=O) groups excluding carboxylic acids is 1. The van der Waals surface area contributed by atoms with Gasteiger partial charge in [-0.3, -0.25) is 4.79 Å². The van der Waals surface area contributed by atoms with Gasteiger partial charge in [-0.25, -0.2) is 0 Å². The maximum atomic E-state index is 12.1. The second-order valence-electron chi connectivity index (χ2n) is 3.36. The summed E-state index contributed by atoms with van der Waals surface area (Å²) in [6.45, 7) is 0. The fourth-order valence-corrected chi connectivity index (χ4v) is 1.12. The van der Waals surface area contributed by atoms with E-state index in [1.807, 2.05) is 0 Å². The van der Waals surface area contributed by atoms with E-state index in [-0.39, 0.29) is 17.7 Å². The van der Waals surface area contributed by atoms with E-state index in [1.165, 1.54) is 19.2 Å². The molecule has 0 amide bonds. The molecule has 0 aromatic heterocycles. The molecule has 0 fully saturated rings. The Morgan fingerprint density at radius 3 is 2.68 bits per heavy atom. The summed E-state index contributed by atoms with van der Waals surface area (Å²) in [6, 6.07) is 3.71. The van der Waals surface area contributed by atoms with Crippen LogP contribution >= 0.6 is 0 Å². The zero-order valence-electron chi connectivity index (χ0n) is 9.88. The molecule has 0 saturated carbocycles. The minimum absolute atomic E-state index is 0.156. The summed E-state index contributed by atoms with van der Waals surface area (Å²) in [7, 11) is 1.21. The van der Waals surface area contributed by atoms with E-state index in [2.05, 4.69) is 21.3 Å². The molecule has 1 rings (SSSR count). The predicted octanol–water partition coefficient (Wildman–Crippen LogP) is 2.08. The van der Waals surface area contributed by atoms with Gasteiger partial charge in [-0.15, -0.1) is 13.2 Å². The summed E-state index contributed by atoms with van der Waals surface area (Å²) in [4.78, 5) is 10.8. The van der Waals surface area contributed by atoms with Crippen molar-refractivity contribution in [1.82, 2.24) is 0 Å². The molecule has 0 unspecified atom stereocenters. The van der Waals surface area contributed by atoms with Crippen molar-refractivity contribution in [3.63, 3.8) is 0 Å². The second kappa shape index (κ2) is 6.00. The largest absolute Gasteiger partial charge is 0.573 e. The number of carbonyl (C=O) groups is 1. The number of anilines is 1. The Morgan fingerprint density at radius 2 is 2.11 bits per heavy atom. The molecule has 0 aliphatic heterocycles. The molecule has 0 aliphatic rings. The van der Waals surface area contributed by atoms with Crippen LogP contribution in [0.2, 0.25) is 0 Å². The van der Waals surface area contributed by atoms with E-state index in [9.17, 15) is 18.0 Å². The summed E-state index contributed by atoms with van der Waals surface area (Å²) >= 11 is 0. The lowest BCUT2D eigenvalue weighted by molar-refractivity contribution is -0.274. The first-order valence-corrected chi connectivity index (χ1v) is 5.03. The Kier molecular flexibility index (Phi) is 4.64. The summed E-state index contributed by atoms with van der Waals surface area (Å²) < 4.78 is 44.3. The van der Waals surface area contributed by atoms with Crippen molar-refractivity contribution in [3.05, 3.63) is 23.8 Å². The molecule has 7 heteroatoms. The van der Waals surface area contributed by atoms with Crippen molar-refractivity contribution < 1.29 is 27.4 Å². The van der Waals surface area contributed by atoms with Gasteiger partial charge in [0.25, 0.3) is 0 Å². The lowest BCUT2D eigenvalue weighted by Crippen LogP contribution is -2.18. The van der Waals surface area contributed by atoms with Gasteiger partial charge in [0.15, 0.2) is 5.75 Å². The van der Waals surface area contributed by atoms with Gasteiger partial charge in [-0.2, -0.15) is 0 Å². The summed E-state index contributed by atoms with van der Waals surface area (Å²) in [6.07, 6.45) is -4.98. The second-order valence-corrected chi connectivity index (χ2v) is 3.36. The van der Waals surface area contributed by atoms with E-state index in [4.69, 9.17) is 5.73 Å². The SMILES string of the molecule is COC(=O)CC#Cc1ccc(N)c(OC(F)(F)F)c1. The van der Waals surface area contributed by atoms with Crippen LogP contribution < -0.4 is 10.5 Å². The highest BCUT2D eigenvalue weighted by Gasteiger charge is 2.31. The number of hydrogen-bond donors (Lipinski definition) is 1. The third kappa shape index (κ3) is 5.21. The van der Waals surface area contributed by atoms with Crippen LogP contribution in [-0.4, -0.2) is 19.4 Å². The molecule has 0 heterocycles. The van der Waals surface area contributed by atoms with Crippen molar-refractivity contribution >= 4 is 11.7 Å². The lowest BCUT2D eigenvalue weighted by atomic mass is 10.2. The highest BCUT2D eigenvalue weighted by Crippen LogP contribution is 2.28. The monoisotopic (exact) mass is 273 g/mol. The first kappa shape index (κ1) is 14.7. The average molecular weight is 273 g/mol. The average Bonchev–Trinajstić information content (AvgIpc) is 2.31. The Morgan fingerprint density at radius 1 is 1.42 bits per heavy atom. The molecule has 102 valence electrons. The Balaban J connectivity index is 2.87. The first-order valence-electron chi connectivity index (χ1n) is 5.03. The highest BCUT2D eigenvalue weighted by molar-refractivity contribution is 5.72. The van der Waals surface area contributed by atoms with Gasteiger partial charge < -0.3 is 15.2 Å². The normalized spacial score (nSPS) is 10.3. The predicted molar refractivity (Wildman–Crippen MR) is 61.0 cm³/mol. The topological polar surface area (TPSA) is 61.5 Å². The number of methoxy groups -OCH3 is 1. The van der Waals surface area contributed by atoms with E-state index < -0.39 is 18.1 Å². The molecule has 0 aliphatic carbocycles. The number of esters is 1. The van der Waals surface area contributed by atoms with Gasteiger partial charge in [-0.1, -0.05) is 11.8 Å². The fourth-order valence-electron chi connectivity index (χ4n) is 1.12. The van der Waals surface area contributed by atoms with Crippen molar-refractivity contribution in [2.24, 2.45) is 0 Å². The third-order valence-corrected chi connectivity index (χ3v) is 1.93. The summed E-state index contributed by atoms with van der Waals surface area (Å²) in [5.74, 6) is 3.91. The van der Waals surface area contributed by atoms with Crippen LogP contribution in [0.3, 0.4) is 0 Å². The highest BCUT2D eigenvalue weighted by atomic mass is 19.4. The van der Waals surface area contributed by atoms with Gasteiger partial charge in [-0.05, 0) is 18.2 Å². The number of ether oxygens (including phenoxy) is 2. The Labute approximate surface area is 107 Å². The van der Waals surface area contributed by atoms with Crippen LogP contribution in [0.15, 0.2) is 18.2 Å². The molecular weight excluding hydrogens is 263 g/mol. The number of rotatable bonds is 2. The number of alkyl halides is 3. The van der Waals surface area contributed by atoms with Crippen molar-refractivity contribution in [2.45, 2.75) is 12.8 Å². The van der Waals surface area contributed by atoms with Crippen molar-refractivity contribution in [2.75, 3.05) is 12.8 Å². The fraction of sp³-hybridized carbons (Fsp3) is 0.250. The number of halogens is 3. The zero-order valence-corrected chi connectivity index (χ0v) is 9.88. The number of nitrogens with two attached hydrogens (primary N) is 1. The molecule has 0 atom stereocenters. The van der Waals surface area contributed by atoms with Crippen LogP contribution in [-0.2, 0) is 9.53 Å². The summed E-state index contributed by atoms with van der Waals surface area (Å²) in [5.41, 5.74) is 5.44. The maximum Gasteiger partial charge on any atom is 0.573 e. The van der Waals surface area contributed by atoms with Gasteiger partial charge in [0.1, 0.15) is 6.42 Å². The van der Waals surface area contributed by atoms with Crippen LogP contribution in [0.5, 0.6) is 5.75 Å². The lowest BCUT2D eigenvalue weighted by Gasteiger charge is -2.10. The minimum Gasteiger partial charge on any atom is -0.468 e. The van der Waals surface area contributed by atoms with E-state index in [0.29, 0.717) is 0 Å². The quantitative estimate of drug-likeness (QED) is 0.509. The maximum absolute atomic E-state index is 12.1.